The fourth-order valence-corrected chi connectivity index (χ4v) is 0. The molecule has 0 spiro atoms. The Morgan fingerprint density at radius 3 is 0.429 bits per heavy atom. The molecule has 0 rings (SSSR count). The Labute approximate surface area is 119 Å². The third-order valence-electron chi connectivity index (χ3n) is 0. The Balaban J connectivity index is 0. The first-order chi connectivity index (χ1) is 0. The number of halogens is 2. The summed E-state index contributed by atoms with van der Waals surface area (Å²) in [6.45, 7) is 0. The second kappa shape index (κ2) is 55.0. The van der Waals surface area contributed by atoms with Crippen LogP contribution in [0.4, 0.5) is 0 Å². The largest absolute Gasteiger partial charge is 2.00 e. The minimum absolute atomic E-state index is 0. The number of rotatable bonds is 0. The first-order valence-corrected chi connectivity index (χ1v) is 0. The van der Waals surface area contributed by atoms with Crippen molar-refractivity contribution in [1.29, 1.82) is 0 Å². The van der Waals surface area contributed by atoms with Gasteiger partial charge in [0, 0.05) is 0 Å². The van der Waals surface area contributed by atoms with Crippen LogP contribution >= 0.6 is 24.8 Å². The Morgan fingerprint density at radius 2 is 0.429 bits per heavy atom. The predicted molar refractivity (Wildman–Crippen MR) is 46.5 cm³/mol. The van der Waals surface area contributed by atoms with Gasteiger partial charge in [-0.2, -0.15) is 0 Å². The number of hydrogen-bond acceptors (Lipinski definition) is 0. The van der Waals surface area contributed by atoms with Crippen molar-refractivity contribution in [3.63, 3.8) is 0 Å². The van der Waals surface area contributed by atoms with Crippen LogP contribution in [0.1, 0.15) is 0 Å². The molecular weight excluding hydrogens is 208 g/mol. The molecule has 0 aromatic heterocycles. The van der Waals surface area contributed by atoms with E-state index in [2.05, 4.69) is 0 Å². The van der Waals surface area contributed by atoms with E-state index in [-0.39, 0.29) is 121 Å². The van der Waals surface area contributed by atoms with Crippen LogP contribution in [-0.2, 0) is 27.0 Å². The summed E-state index contributed by atoms with van der Waals surface area (Å²) in [7, 11) is 0. The maximum absolute atomic E-state index is 0. The molecule has 32 valence electrons. The Bertz CT molecular complexity index is 10.9. The molecule has 0 aromatic rings. The van der Waals surface area contributed by atoms with Crippen molar-refractivity contribution in [3.8, 4) is 0 Å². The summed E-state index contributed by atoms with van der Waals surface area (Å²) in [4.78, 5) is 0. The van der Waals surface area contributed by atoms with Crippen molar-refractivity contribution in [2.24, 2.45) is 0 Å². The minimum Gasteiger partial charge on any atom is -2.00 e. The molecule has 0 saturated heterocycles. The first kappa shape index (κ1) is 75.8. The Hall–Kier alpha value is 3.58. The topological polar surface area (TPSA) is 0 Å². The minimum atomic E-state index is 0. The van der Waals surface area contributed by atoms with Gasteiger partial charge in [0.05, 0.1) is 0 Å². The van der Waals surface area contributed by atoms with Gasteiger partial charge in [-0.05, 0) is 0 Å². The van der Waals surface area contributed by atoms with Gasteiger partial charge in [0.1, 0.15) is 0 Å². The molecule has 0 aliphatic heterocycles. The van der Waals surface area contributed by atoms with E-state index in [1.807, 2.05) is 0 Å². The van der Waals surface area contributed by atoms with Crippen molar-refractivity contribution >= 4 is 121 Å². The molecule has 0 aliphatic rings. The third-order valence-corrected chi connectivity index (χ3v) is 0. The molecule has 7 heteroatoms. The van der Waals surface area contributed by atoms with Crippen LogP contribution in [0.3, 0.4) is 0 Å². The maximum Gasteiger partial charge on any atom is 2.00 e. The zero-order chi connectivity index (χ0) is 0. The SMILES string of the molecule is Cl.Cl.[Mg+2].[Mg+2].[Mg+2].[S-2].[S-2]. The second-order valence-electron chi connectivity index (χ2n) is 0. The summed E-state index contributed by atoms with van der Waals surface area (Å²) < 4.78 is 0. The Morgan fingerprint density at radius 1 is 0.429 bits per heavy atom. The second-order valence-corrected chi connectivity index (χ2v) is 0. The molecule has 0 aliphatic carbocycles. The van der Waals surface area contributed by atoms with E-state index in [1.165, 1.54) is 0 Å². The van der Waals surface area contributed by atoms with Crippen molar-refractivity contribution in [2.45, 2.75) is 0 Å². The summed E-state index contributed by atoms with van der Waals surface area (Å²) in [5, 5.41) is 0. The van der Waals surface area contributed by atoms with E-state index in [4.69, 9.17) is 0 Å². The molecule has 0 aromatic carbocycles. The van der Waals surface area contributed by atoms with Crippen molar-refractivity contribution in [3.05, 3.63) is 0 Å². The molecule has 0 saturated carbocycles. The van der Waals surface area contributed by atoms with E-state index in [1.54, 1.807) is 0 Å². The first-order valence-electron chi connectivity index (χ1n) is 0. The molecule has 0 amide bonds. The van der Waals surface area contributed by atoms with Gasteiger partial charge in [0.25, 0.3) is 0 Å². The smallest absolute Gasteiger partial charge is 2.00 e. The summed E-state index contributed by atoms with van der Waals surface area (Å²) in [5.74, 6) is 0. The average Bonchev–Trinajstić information content (AvgIpc) is 0. The molecule has 0 fully saturated rings. The van der Waals surface area contributed by atoms with Crippen molar-refractivity contribution in [2.75, 3.05) is 0 Å². The van der Waals surface area contributed by atoms with Gasteiger partial charge in [-0.25, -0.2) is 0 Å². The van der Waals surface area contributed by atoms with Gasteiger partial charge in [-0.15, -0.1) is 24.8 Å². The Kier molecular flexibility index (Phi) is 596. The molecule has 7 heavy (non-hydrogen) atoms. The van der Waals surface area contributed by atoms with Gasteiger partial charge in [-0.3, -0.25) is 0 Å². The van der Waals surface area contributed by atoms with Gasteiger partial charge in [0.2, 0.25) is 0 Å². The fraction of sp³-hybridized carbons (Fsp3) is 0. The average molecular weight is 210 g/mol. The van der Waals surface area contributed by atoms with Crippen molar-refractivity contribution < 1.29 is 0 Å². The molecular formula is H2Cl2Mg3S2+2. The van der Waals surface area contributed by atoms with Gasteiger partial charge in [-0.1, -0.05) is 0 Å². The molecule has 0 heterocycles. The van der Waals surface area contributed by atoms with Gasteiger partial charge in [0.15, 0.2) is 0 Å². The van der Waals surface area contributed by atoms with E-state index in [9.17, 15) is 0 Å². The third kappa shape index (κ3) is 43.0. The van der Waals surface area contributed by atoms with Crippen LogP contribution in [0, 0.1) is 0 Å². The molecule has 0 bridgehead atoms. The standard InChI is InChI=1S/2ClH.3Mg.2S/h2*1H;;;;;/q;;3*+2;2*-2. The van der Waals surface area contributed by atoms with Crippen LogP contribution in [0.2, 0.25) is 0 Å². The monoisotopic (exact) mass is 208 g/mol. The van der Waals surface area contributed by atoms with Crippen molar-refractivity contribution in [1.82, 2.24) is 0 Å². The maximum atomic E-state index is 0. The summed E-state index contributed by atoms with van der Waals surface area (Å²) in [5.41, 5.74) is 0. The summed E-state index contributed by atoms with van der Waals surface area (Å²) >= 11 is 0. The van der Waals surface area contributed by atoms with Crippen LogP contribution in [0.5, 0.6) is 0 Å². The quantitative estimate of drug-likeness (QED) is 0.481. The van der Waals surface area contributed by atoms with E-state index in [0.717, 1.165) is 0 Å². The molecule has 0 atom stereocenters. The predicted octanol–water partition coefficient (Wildman–Crippen LogP) is -0.304. The summed E-state index contributed by atoms with van der Waals surface area (Å²) in [6, 6.07) is 0. The fourth-order valence-electron chi connectivity index (χ4n) is 0. The van der Waals surface area contributed by atoms with Crippen LogP contribution in [0.25, 0.3) is 0 Å². The van der Waals surface area contributed by atoms with E-state index < -0.39 is 0 Å². The molecule has 0 unspecified atom stereocenters. The molecule has 0 N–H and O–H groups in total. The van der Waals surface area contributed by atoms with Crippen LogP contribution in [0.15, 0.2) is 0 Å². The van der Waals surface area contributed by atoms with Gasteiger partial charge < -0.3 is 27.0 Å². The molecule has 0 radical (unpaired) electrons. The summed E-state index contributed by atoms with van der Waals surface area (Å²) in [6.07, 6.45) is 0. The van der Waals surface area contributed by atoms with E-state index >= 15 is 0 Å². The molecule has 0 nitrogen and oxygen atoms in total. The number of hydrogen-bond donors (Lipinski definition) is 0. The van der Waals surface area contributed by atoms with Crippen LogP contribution < -0.4 is 0 Å². The van der Waals surface area contributed by atoms with E-state index in [0.29, 0.717) is 0 Å². The zero-order valence-electron chi connectivity index (χ0n) is 3.75. The van der Waals surface area contributed by atoms with Gasteiger partial charge >= 0.3 is 69.2 Å². The zero-order valence-corrected chi connectivity index (χ0v) is 11.3. The van der Waals surface area contributed by atoms with Crippen LogP contribution in [-0.4, -0.2) is 69.2 Å². The normalized spacial score (nSPS) is 0.